The van der Waals surface area contributed by atoms with Gasteiger partial charge in [-0.15, -0.1) is 0 Å². The molecule has 1 heterocycles. The second-order valence-electron chi connectivity index (χ2n) is 5.27. The number of aldehydes is 1. The van der Waals surface area contributed by atoms with Crippen molar-refractivity contribution >= 4 is 29.1 Å². The van der Waals surface area contributed by atoms with Gasteiger partial charge in [-0.25, -0.2) is 0 Å². The fourth-order valence-electron chi connectivity index (χ4n) is 2.72. The summed E-state index contributed by atoms with van der Waals surface area (Å²) >= 11 is 6.31. The van der Waals surface area contributed by atoms with E-state index in [4.69, 9.17) is 11.6 Å². The van der Waals surface area contributed by atoms with Gasteiger partial charge < -0.3 is 14.8 Å². The lowest BCUT2D eigenvalue weighted by atomic mass is 9.93. The van der Waals surface area contributed by atoms with Crippen LogP contribution < -0.4 is 4.90 Å². The Morgan fingerprint density at radius 2 is 1.78 bits per heavy atom. The Hall–Kier alpha value is -2.36. The quantitative estimate of drug-likeness (QED) is 0.872. The molecule has 0 amide bonds. The van der Waals surface area contributed by atoms with E-state index in [1.54, 1.807) is 12.3 Å². The van der Waals surface area contributed by atoms with Gasteiger partial charge in [0.25, 0.3) is 0 Å². The minimum Gasteiger partial charge on any atom is -0.392 e. The highest BCUT2D eigenvalue weighted by atomic mass is 35.5. The minimum atomic E-state index is -0.493. The largest absolute Gasteiger partial charge is 0.392 e. The molecule has 0 fully saturated rings. The maximum Gasteiger partial charge on any atom is 0.147 e. The Morgan fingerprint density at radius 1 is 1.09 bits per heavy atom. The second-order valence-corrected chi connectivity index (χ2v) is 5.67. The Labute approximate surface area is 140 Å². The summed E-state index contributed by atoms with van der Waals surface area (Å²) in [6.45, 7) is -0.108. The molecule has 0 aliphatic carbocycles. The Balaban J connectivity index is 2.12. The third-order valence-electron chi connectivity index (χ3n) is 3.81. The van der Waals surface area contributed by atoms with Crippen molar-refractivity contribution in [3.8, 4) is 0 Å². The molecule has 3 nitrogen and oxygen atoms in total. The molecule has 1 unspecified atom stereocenters. The van der Waals surface area contributed by atoms with Crippen LogP contribution in [-0.2, 0) is 4.79 Å². The van der Waals surface area contributed by atoms with Crippen LogP contribution in [0, 0.1) is 0 Å². The van der Waals surface area contributed by atoms with Crippen molar-refractivity contribution in [3.63, 3.8) is 0 Å². The van der Waals surface area contributed by atoms with Crippen molar-refractivity contribution in [2.45, 2.75) is 6.04 Å². The molecule has 2 aromatic rings. The molecular formula is C19H16ClNO2. The standard InChI is InChI=1S/C19H16ClNO2/c20-18-9-5-4-8-16(18)17-10-14(12-22)11-21(19(17)13-23)15-6-2-1-3-7-15/h1-11,13,19,22H,12H2. The van der Waals surface area contributed by atoms with Gasteiger partial charge in [0.05, 0.1) is 6.61 Å². The van der Waals surface area contributed by atoms with Gasteiger partial charge in [0.1, 0.15) is 12.3 Å². The molecule has 4 heteroatoms. The van der Waals surface area contributed by atoms with Gasteiger partial charge in [-0.3, -0.25) is 0 Å². The third kappa shape index (κ3) is 3.07. The van der Waals surface area contributed by atoms with Gasteiger partial charge in [0.2, 0.25) is 0 Å². The first-order valence-electron chi connectivity index (χ1n) is 7.31. The molecule has 1 aliphatic heterocycles. The first-order chi connectivity index (χ1) is 11.2. The first-order valence-corrected chi connectivity index (χ1v) is 7.69. The van der Waals surface area contributed by atoms with Crippen LogP contribution in [0.4, 0.5) is 5.69 Å². The Morgan fingerprint density at radius 3 is 2.43 bits per heavy atom. The molecule has 0 aromatic heterocycles. The van der Waals surface area contributed by atoms with Gasteiger partial charge in [-0.1, -0.05) is 48.0 Å². The van der Waals surface area contributed by atoms with Gasteiger partial charge in [-0.05, 0) is 41.0 Å². The number of benzene rings is 2. The summed E-state index contributed by atoms with van der Waals surface area (Å²) in [4.78, 5) is 13.7. The highest BCUT2D eigenvalue weighted by molar-refractivity contribution is 6.32. The molecule has 0 spiro atoms. The number of aliphatic hydroxyl groups is 1. The normalized spacial score (nSPS) is 17.5. The summed E-state index contributed by atoms with van der Waals surface area (Å²) in [7, 11) is 0. The van der Waals surface area contributed by atoms with Crippen molar-refractivity contribution in [3.05, 3.63) is 83.0 Å². The summed E-state index contributed by atoms with van der Waals surface area (Å²) in [6, 6.07) is 16.5. The summed E-state index contributed by atoms with van der Waals surface area (Å²) in [5.74, 6) is 0. The smallest absolute Gasteiger partial charge is 0.147 e. The van der Waals surface area contributed by atoms with Crippen LogP contribution in [0.15, 0.2) is 72.4 Å². The lowest BCUT2D eigenvalue weighted by Gasteiger charge is -2.33. The number of carbonyl (C=O) groups is 1. The van der Waals surface area contributed by atoms with Crippen molar-refractivity contribution < 1.29 is 9.90 Å². The summed E-state index contributed by atoms with van der Waals surface area (Å²) < 4.78 is 0. The van der Waals surface area contributed by atoms with Crippen molar-refractivity contribution in [1.82, 2.24) is 0 Å². The van der Waals surface area contributed by atoms with Crippen LogP contribution in [0.2, 0.25) is 5.02 Å². The molecule has 0 saturated heterocycles. The number of carbonyl (C=O) groups excluding carboxylic acids is 1. The second kappa shape index (κ2) is 6.82. The fraction of sp³-hybridized carbons (Fsp3) is 0.105. The molecule has 0 radical (unpaired) electrons. The predicted octanol–water partition coefficient (Wildman–Crippen LogP) is 3.69. The number of hydrogen-bond donors (Lipinski definition) is 1. The number of halogens is 1. The maximum atomic E-state index is 11.8. The predicted molar refractivity (Wildman–Crippen MR) is 93.4 cm³/mol. The van der Waals surface area contributed by atoms with E-state index in [0.29, 0.717) is 5.02 Å². The molecule has 23 heavy (non-hydrogen) atoms. The Bertz CT molecular complexity index is 768. The van der Waals surface area contributed by atoms with E-state index in [0.717, 1.165) is 28.7 Å². The van der Waals surface area contributed by atoms with Crippen LogP contribution in [0.1, 0.15) is 5.56 Å². The number of aliphatic hydroxyl groups excluding tert-OH is 1. The SMILES string of the molecule is O=CC1C(c2ccccc2Cl)=CC(CO)=CN1c1ccccc1. The molecule has 116 valence electrons. The van der Waals surface area contributed by atoms with E-state index < -0.39 is 6.04 Å². The topological polar surface area (TPSA) is 40.5 Å². The van der Waals surface area contributed by atoms with Crippen LogP contribution in [-0.4, -0.2) is 24.0 Å². The number of anilines is 1. The zero-order valence-corrected chi connectivity index (χ0v) is 13.1. The van der Waals surface area contributed by atoms with Crippen LogP contribution in [0.3, 0.4) is 0 Å². The molecule has 2 aromatic carbocycles. The monoisotopic (exact) mass is 325 g/mol. The minimum absolute atomic E-state index is 0.108. The number of hydrogen-bond acceptors (Lipinski definition) is 3. The molecule has 0 bridgehead atoms. The van der Waals surface area contributed by atoms with E-state index in [9.17, 15) is 9.90 Å². The number of nitrogens with zero attached hydrogens (tertiary/aromatic N) is 1. The average Bonchev–Trinajstić information content (AvgIpc) is 2.61. The van der Waals surface area contributed by atoms with E-state index in [-0.39, 0.29) is 6.61 Å². The van der Waals surface area contributed by atoms with E-state index in [1.807, 2.05) is 59.5 Å². The molecular weight excluding hydrogens is 310 g/mol. The first kappa shape index (κ1) is 15.5. The fourth-order valence-corrected chi connectivity index (χ4v) is 2.97. The maximum absolute atomic E-state index is 11.8. The molecule has 1 aliphatic rings. The van der Waals surface area contributed by atoms with Crippen molar-refractivity contribution in [1.29, 1.82) is 0 Å². The van der Waals surface area contributed by atoms with Crippen molar-refractivity contribution in [2.75, 3.05) is 11.5 Å². The van der Waals surface area contributed by atoms with Gasteiger partial charge >= 0.3 is 0 Å². The summed E-state index contributed by atoms with van der Waals surface area (Å²) in [5, 5.41) is 10.2. The highest BCUT2D eigenvalue weighted by Crippen LogP contribution is 2.34. The lowest BCUT2D eigenvalue weighted by Crippen LogP contribution is -2.36. The molecule has 1 N–H and O–H groups in total. The number of rotatable bonds is 4. The highest BCUT2D eigenvalue weighted by Gasteiger charge is 2.27. The van der Waals surface area contributed by atoms with E-state index >= 15 is 0 Å². The molecule has 1 atom stereocenters. The average molecular weight is 326 g/mol. The van der Waals surface area contributed by atoms with Crippen molar-refractivity contribution in [2.24, 2.45) is 0 Å². The van der Waals surface area contributed by atoms with Crippen LogP contribution in [0.5, 0.6) is 0 Å². The molecule has 0 saturated carbocycles. The zero-order valence-electron chi connectivity index (χ0n) is 12.4. The summed E-state index contributed by atoms with van der Waals surface area (Å²) in [6.07, 6.45) is 4.53. The summed E-state index contributed by atoms with van der Waals surface area (Å²) in [5.41, 5.74) is 3.18. The third-order valence-corrected chi connectivity index (χ3v) is 4.14. The number of para-hydroxylation sites is 1. The van der Waals surface area contributed by atoms with Crippen LogP contribution >= 0.6 is 11.6 Å². The van der Waals surface area contributed by atoms with Crippen LogP contribution in [0.25, 0.3) is 5.57 Å². The van der Waals surface area contributed by atoms with E-state index in [2.05, 4.69) is 0 Å². The lowest BCUT2D eigenvalue weighted by molar-refractivity contribution is -0.107. The molecule has 3 rings (SSSR count). The van der Waals surface area contributed by atoms with E-state index in [1.165, 1.54) is 0 Å². The van der Waals surface area contributed by atoms with Gasteiger partial charge in [0, 0.05) is 16.9 Å². The zero-order chi connectivity index (χ0) is 16.2. The van der Waals surface area contributed by atoms with Gasteiger partial charge in [0.15, 0.2) is 0 Å². The Kier molecular flexibility index (Phi) is 4.60. The van der Waals surface area contributed by atoms with Gasteiger partial charge in [-0.2, -0.15) is 0 Å².